The molecule has 2 aromatic rings. The lowest BCUT2D eigenvalue weighted by Crippen LogP contribution is -2.25. The summed E-state index contributed by atoms with van der Waals surface area (Å²) in [7, 11) is 0. The van der Waals surface area contributed by atoms with E-state index < -0.39 is 0 Å². The third-order valence-corrected chi connectivity index (χ3v) is 5.57. The number of nitrogens with one attached hydrogen (secondary N) is 1. The molecule has 1 saturated carbocycles. The van der Waals surface area contributed by atoms with Gasteiger partial charge in [0.15, 0.2) is 5.82 Å². The molecule has 0 aromatic carbocycles. The molecule has 1 aliphatic heterocycles. The number of aliphatic hydroxyl groups is 1. The highest BCUT2D eigenvalue weighted by atomic mass is 32.1. The molecule has 112 valence electrons. The van der Waals surface area contributed by atoms with E-state index >= 15 is 0 Å². The molecule has 0 radical (unpaired) electrons. The van der Waals surface area contributed by atoms with Crippen molar-refractivity contribution in [2.45, 2.75) is 25.5 Å². The Balaban J connectivity index is 1.55. The number of hydrogen-bond donors (Lipinski definition) is 3. The number of nitrogens with two attached hydrogens (primary N) is 1. The highest BCUT2D eigenvalue weighted by molar-refractivity contribution is 7.16. The van der Waals surface area contributed by atoms with Crippen LogP contribution in [0.1, 0.15) is 18.7 Å². The predicted octanol–water partition coefficient (Wildman–Crippen LogP) is 1.18. The lowest BCUT2D eigenvalue weighted by molar-refractivity contribution is 0.123. The lowest BCUT2D eigenvalue weighted by atomic mass is 10.00. The van der Waals surface area contributed by atoms with Crippen LogP contribution in [-0.4, -0.2) is 39.2 Å². The van der Waals surface area contributed by atoms with Crippen molar-refractivity contribution in [2.75, 3.05) is 18.5 Å². The first kappa shape index (κ1) is 13.4. The molecular weight excluding hydrogens is 286 g/mol. The molecule has 0 spiro atoms. The van der Waals surface area contributed by atoms with E-state index in [0.717, 1.165) is 48.5 Å². The van der Waals surface area contributed by atoms with Crippen LogP contribution in [0.5, 0.6) is 0 Å². The van der Waals surface area contributed by atoms with Gasteiger partial charge in [0.2, 0.25) is 0 Å². The third kappa shape index (κ3) is 2.30. The SMILES string of the molecule is NNc1nc(CN2CC3CCC(O)C3C2)nc2sccc12. The average molecular weight is 305 g/mol. The van der Waals surface area contributed by atoms with Gasteiger partial charge in [0.1, 0.15) is 10.7 Å². The first-order valence-electron chi connectivity index (χ1n) is 7.36. The summed E-state index contributed by atoms with van der Waals surface area (Å²) in [5.74, 6) is 8.12. The molecule has 3 atom stereocenters. The molecule has 3 heterocycles. The van der Waals surface area contributed by atoms with Gasteiger partial charge >= 0.3 is 0 Å². The topological polar surface area (TPSA) is 87.3 Å². The number of nitrogen functional groups attached to an aromatic ring is 1. The van der Waals surface area contributed by atoms with Crippen LogP contribution in [0.15, 0.2) is 11.4 Å². The van der Waals surface area contributed by atoms with Crippen LogP contribution in [0, 0.1) is 11.8 Å². The summed E-state index contributed by atoms with van der Waals surface area (Å²) in [6.07, 6.45) is 1.98. The molecule has 4 rings (SSSR count). The molecule has 1 saturated heterocycles. The second kappa shape index (κ2) is 5.17. The normalized spacial score (nSPS) is 29.1. The maximum Gasteiger partial charge on any atom is 0.152 e. The first-order chi connectivity index (χ1) is 10.2. The van der Waals surface area contributed by atoms with Crippen LogP contribution in [0.2, 0.25) is 0 Å². The number of likely N-dealkylation sites (tertiary alicyclic amines) is 1. The first-order valence-corrected chi connectivity index (χ1v) is 8.23. The van der Waals surface area contributed by atoms with Gasteiger partial charge in [0.25, 0.3) is 0 Å². The van der Waals surface area contributed by atoms with Crippen molar-refractivity contribution in [2.24, 2.45) is 17.7 Å². The molecule has 0 amide bonds. The summed E-state index contributed by atoms with van der Waals surface area (Å²) in [5, 5.41) is 13.0. The Morgan fingerprint density at radius 2 is 2.29 bits per heavy atom. The van der Waals surface area contributed by atoms with E-state index in [-0.39, 0.29) is 6.10 Å². The van der Waals surface area contributed by atoms with Crippen LogP contribution in [0.3, 0.4) is 0 Å². The number of anilines is 1. The van der Waals surface area contributed by atoms with Crippen molar-refractivity contribution in [3.8, 4) is 0 Å². The fourth-order valence-corrected chi connectivity index (χ4v) is 4.52. The lowest BCUT2D eigenvalue weighted by Gasteiger charge is -2.17. The van der Waals surface area contributed by atoms with Crippen molar-refractivity contribution >= 4 is 27.4 Å². The molecular formula is C14H19N5OS. The number of rotatable bonds is 3. The van der Waals surface area contributed by atoms with E-state index in [9.17, 15) is 5.11 Å². The summed E-state index contributed by atoms with van der Waals surface area (Å²) in [5.41, 5.74) is 2.67. The van der Waals surface area contributed by atoms with Gasteiger partial charge < -0.3 is 10.5 Å². The highest BCUT2D eigenvalue weighted by Crippen LogP contribution is 2.38. The third-order valence-electron chi connectivity index (χ3n) is 4.77. The number of hydrazine groups is 1. The van der Waals surface area contributed by atoms with Gasteiger partial charge in [-0.1, -0.05) is 0 Å². The number of nitrogens with zero attached hydrogens (tertiary/aromatic N) is 3. The van der Waals surface area contributed by atoms with E-state index in [1.165, 1.54) is 0 Å². The Morgan fingerprint density at radius 1 is 1.38 bits per heavy atom. The number of hydrogen-bond acceptors (Lipinski definition) is 7. The predicted molar refractivity (Wildman–Crippen MR) is 82.7 cm³/mol. The second-order valence-corrected chi connectivity index (χ2v) is 6.93. The summed E-state index contributed by atoms with van der Waals surface area (Å²) < 4.78 is 0. The Labute approximate surface area is 127 Å². The molecule has 2 aromatic heterocycles. The van der Waals surface area contributed by atoms with E-state index in [4.69, 9.17) is 5.84 Å². The molecule has 4 N–H and O–H groups in total. The molecule has 7 heteroatoms. The molecule has 0 bridgehead atoms. The summed E-state index contributed by atoms with van der Waals surface area (Å²) in [4.78, 5) is 12.5. The molecule has 21 heavy (non-hydrogen) atoms. The quantitative estimate of drug-likeness (QED) is 0.583. The minimum atomic E-state index is -0.123. The van der Waals surface area contributed by atoms with Crippen LogP contribution < -0.4 is 11.3 Å². The molecule has 3 unspecified atom stereocenters. The van der Waals surface area contributed by atoms with Gasteiger partial charge in [-0.05, 0) is 30.2 Å². The van der Waals surface area contributed by atoms with Crippen LogP contribution >= 0.6 is 11.3 Å². The number of fused-ring (bicyclic) bond motifs is 2. The zero-order chi connectivity index (χ0) is 14.4. The van der Waals surface area contributed by atoms with Gasteiger partial charge in [0.05, 0.1) is 18.0 Å². The molecule has 2 aliphatic rings. The van der Waals surface area contributed by atoms with Crippen molar-refractivity contribution in [3.05, 3.63) is 17.3 Å². The van der Waals surface area contributed by atoms with Crippen molar-refractivity contribution in [3.63, 3.8) is 0 Å². The van der Waals surface area contributed by atoms with E-state index in [2.05, 4.69) is 20.3 Å². The van der Waals surface area contributed by atoms with Crippen molar-refractivity contribution < 1.29 is 5.11 Å². The van der Waals surface area contributed by atoms with Gasteiger partial charge in [-0.2, -0.15) is 0 Å². The van der Waals surface area contributed by atoms with Gasteiger partial charge in [0, 0.05) is 19.0 Å². The summed E-state index contributed by atoms with van der Waals surface area (Å²) in [6.45, 7) is 2.71. The fraction of sp³-hybridized carbons (Fsp3) is 0.571. The zero-order valence-corrected chi connectivity index (χ0v) is 12.5. The summed E-state index contributed by atoms with van der Waals surface area (Å²) >= 11 is 1.60. The highest BCUT2D eigenvalue weighted by Gasteiger charge is 2.41. The van der Waals surface area contributed by atoms with E-state index in [1.807, 2.05) is 11.4 Å². The van der Waals surface area contributed by atoms with Gasteiger partial charge in [-0.25, -0.2) is 15.8 Å². The number of aromatic nitrogens is 2. The maximum atomic E-state index is 10.00. The molecule has 6 nitrogen and oxygen atoms in total. The van der Waals surface area contributed by atoms with Gasteiger partial charge in [-0.3, -0.25) is 4.90 Å². The Kier molecular flexibility index (Phi) is 3.30. The Bertz CT molecular complexity index is 660. The zero-order valence-electron chi connectivity index (χ0n) is 11.7. The van der Waals surface area contributed by atoms with Crippen molar-refractivity contribution in [1.82, 2.24) is 14.9 Å². The molecule has 2 fully saturated rings. The van der Waals surface area contributed by atoms with Gasteiger partial charge in [-0.15, -0.1) is 11.3 Å². The average Bonchev–Trinajstić information content (AvgIpc) is 3.16. The number of aliphatic hydroxyl groups excluding tert-OH is 1. The van der Waals surface area contributed by atoms with Crippen LogP contribution in [0.25, 0.3) is 10.2 Å². The smallest absolute Gasteiger partial charge is 0.152 e. The van der Waals surface area contributed by atoms with Crippen molar-refractivity contribution in [1.29, 1.82) is 0 Å². The summed E-state index contributed by atoms with van der Waals surface area (Å²) in [6, 6.07) is 1.98. The largest absolute Gasteiger partial charge is 0.393 e. The monoisotopic (exact) mass is 305 g/mol. The van der Waals surface area contributed by atoms with Crippen LogP contribution in [-0.2, 0) is 6.54 Å². The van der Waals surface area contributed by atoms with E-state index in [1.54, 1.807) is 11.3 Å². The minimum absolute atomic E-state index is 0.123. The Morgan fingerprint density at radius 3 is 3.10 bits per heavy atom. The van der Waals surface area contributed by atoms with Crippen LogP contribution in [0.4, 0.5) is 5.82 Å². The maximum absolute atomic E-state index is 10.00. The van der Waals surface area contributed by atoms with E-state index in [0.29, 0.717) is 17.7 Å². The molecule has 1 aliphatic carbocycles. The Hall–Kier alpha value is -1.28. The standard InChI is InChI=1S/C14H19N5OS/c15-18-13-9-3-4-21-14(9)17-12(16-13)7-19-5-8-1-2-11(20)10(8)6-19/h3-4,8,10-11,20H,1-2,5-7,15H2,(H,16,17,18). The fourth-order valence-electron chi connectivity index (χ4n) is 3.74. The second-order valence-electron chi connectivity index (χ2n) is 6.03. The minimum Gasteiger partial charge on any atom is -0.393 e. The number of thiophene rings is 1.